The fourth-order valence-electron chi connectivity index (χ4n) is 4.77. The van der Waals surface area contributed by atoms with Gasteiger partial charge in [0, 0.05) is 31.4 Å². The number of nitrogens with one attached hydrogen (secondary N) is 2. The van der Waals surface area contributed by atoms with Gasteiger partial charge in [0.05, 0.1) is 11.4 Å². The number of anilines is 1. The van der Waals surface area contributed by atoms with Crippen LogP contribution in [0.2, 0.25) is 0 Å². The Morgan fingerprint density at radius 3 is 2.39 bits per heavy atom. The molecule has 0 bridgehead atoms. The molecule has 1 saturated heterocycles. The van der Waals surface area contributed by atoms with Crippen LogP contribution in [-0.4, -0.2) is 57.5 Å². The molecular formula is C22H32N4O4S. The molecule has 4 rings (SSSR count). The van der Waals surface area contributed by atoms with Gasteiger partial charge in [-0.25, -0.2) is 17.9 Å². The van der Waals surface area contributed by atoms with Crippen molar-refractivity contribution < 1.29 is 18.0 Å². The number of amides is 3. The summed E-state index contributed by atoms with van der Waals surface area (Å²) in [6.45, 7) is 1.86. The molecule has 2 fully saturated rings. The number of urea groups is 1. The van der Waals surface area contributed by atoms with Crippen molar-refractivity contribution >= 4 is 27.6 Å². The van der Waals surface area contributed by atoms with Gasteiger partial charge in [-0.15, -0.1) is 0 Å². The highest BCUT2D eigenvalue weighted by Crippen LogP contribution is 2.31. The summed E-state index contributed by atoms with van der Waals surface area (Å²) in [4.78, 5) is 28.7. The van der Waals surface area contributed by atoms with Gasteiger partial charge in [-0.3, -0.25) is 9.69 Å². The van der Waals surface area contributed by atoms with E-state index in [-0.39, 0.29) is 29.4 Å². The first-order valence-electron chi connectivity index (χ1n) is 11.4. The lowest BCUT2D eigenvalue weighted by atomic mass is 10.1. The van der Waals surface area contributed by atoms with Crippen molar-refractivity contribution in [3.05, 3.63) is 23.8 Å². The van der Waals surface area contributed by atoms with Crippen LogP contribution in [0.4, 0.5) is 10.5 Å². The normalized spacial score (nSPS) is 19.9. The summed E-state index contributed by atoms with van der Waals surface area (Å²) in [5, 5.41) is 2.95. The number of carbonyl (C=O) groups is 2. The summed E-state index contributed by atoms with van der Waals surface area (Å²) >= 11 is 0. The highest BCUT2D eigenvalue weighted by Gasteiger charge is 2.31. The molecule has 8 nitrogen and oxygen atoms in total. The van der Waals surface area contributed by atoms with Crippen LogP contribution in [-0.2, 0) is 21.2 Å². The molecule has 9 heteroatoms. The first kappa shape index (κ1) is 22.1. The van der Waals surface area contributed by atoms with Crippen LogP contribution < -0.4 is 14.9 Å². The zero-order valence-electron chi connectivity index (χ0n) is 17.9. The molecular weight excluding hydrogens is 416 g/mol. The Labute approximate surface area is 184 Å². The molecule has 1 aliphatic carbocycles. The van der Waals surface area contributed by atoms with Gasteiger partial charge in [-0.2, -0.15) is 0 Å². The van der Waals surface area contributed by atoms with Gasteiger partial charge in [0.2, 0.25) is 15.9 Å². The number of hydrogen-bond donors (Lipinski definition) is 2. The molecule has 1 aromatic rings. The third kappa shape index (κ3) is 5.20. The number of likely N-dealkylation sites (tertiary alicyclic amines) is 1. The van der Waals surface area contributed by atoms with Gasteiger partial charge in [-0.1, -0.05) is 25.7 Å². The topological polar surface area (TPSA) is 98.8 Å². The number of carbonyl (C=O) groups excluding carboxylic acids is 2. The fraction of sp³-hybridized carbons (Fsp3) is 0.636. The third-order valence-electron chi connectivity index (χ3n) is 6.51. The van der Waals surface area contributed by atoms with E-state index in [9.17, 15) is 18.0 Å². The molecule has 0 radical (unpaired) electrons. The zero-order valence-corrected chi connectivity index (χ0v) is 18.8. The Hall–Kier alpha value is -2.13. The van der Waals surface area contributed by atoms with Crippen molar-refractivity contribution in [1.29, 1.82) is 0 Å². The molecule has 0 spiro atoms. The van der Waals surface area contributed by atoms with Crippen LogP contribution >= 0.6 is 0 Å². The molecule has 31 heavy (non-hydrogen) atoms. The van der Waals surface area contributed by atoms with E-state index in [1.165, 1.54) is 18.9 Å². The summed E-state index contributed by atoms with van der Waals surface area (Å²) in [5.74, 6) is -0.293. The largest absolute Gasteiger partial charge is 0.352 e. The molecule has 3 aliphatic rings. The van der Waals surface area contributed by atoms with E-state index >= 15 is 0 Å². The Morgan fingerprint density at radius 2 is 1.68 bits per heavy atom. The van der Waals surface area contributed by atoms with Gasteiger partial charge in [0.15, 0.2) is 0 Å². The van der Waals surface area contributed by atoms with E-state index in [0.29, 0.717) is 13.0 Å². The van der Waals surface area contributed by atoms with Gasteiger partial charge in [0.25, 0.3) is 0 Å². The van der Waals surface area contributed by atoms with Crippen molar-refractivity contribution in [3.63, 3.8) is 0 Å². The quantitative estimate of drug-likeness (QED) is 0.676. The van der Waals surface area contributed by atoms with Crippen LogP contribution in [0, 0.1) is 0 Å². The predicted molar refractivity (Wildman–Crippen MR) is 119 cm³/mol. The molecule has 0 atom stereocenters. The van der Waals surface area contributed by atoms with Crippen LogP contribution in [0.1, 0.15) is 56.9 Å². The summed E-state index contributed by atoms with van der Waals surface area (Å²) in [6.07, 6.45) is 9.18. The third-order valence-corrected chi connectivity index (χ3v) is 7.91. The second kappa shape index (κ2) is 9.56. The van der Waals surface area contributed by atoms with Gasteiger partial charge in [0.1, 0.15) is 0 Å². The maximum atomic E-state index is 12.7. The zero-order chi connectivity index (χ0) is 21.8. The van der Waals surface area contributed by atoms with E-state index in [2.05, 4.69) is 10.0 Å². The summed E-state index contributed by atoms with van der Waals surface area (Å²) < 4.78 is 27.9. The van der Waals surface area contributed by atoms with E-state index in [1.807, 2.05) is 4.90 Å². The number of fused-ring (bicyclic) bond motifs is 1. The minimum absolute atomic E-state index is 0.000154. The molecule has 0 aromatic heterocycles. The van der Waals surface area contributed by atoms with Crippen molar-refractivity contribution in [2.24, 2.45) is 0 Å². The van der Waals surface area contributed by atoms with Gasteiger partial charge in [-0.05, 0) is 55.9 Å². The number of benzene rings is 1. The van der Waals surface area contributed by atoms with Crippen LogP contribution in [0.5, 0.6) is 0 Å². The number of hydrogen-bond acceptors (Lipinski definition) is 4. The molecule has 2 N–H and O–H groups in total. The molecule has 1 aromatic carbocycles. The van der Waals surface area contributed by atoms with Crippen molar-refractivity contribution in [1.82, 2.24) is 14.9 Å². The summed E-state index contributed by atoms with van der Waals surface area (Å²) in [5.41, 5.74) is 1.63. The second-order valence-electron chi connectivity index (χ2n) is 8.75. The average molecular weight is 449 g/mol. The lowest BCUT2D eigenvalue weighted by molar-refractivity contribution is -0.120. The predicted octanol–water partition coefficient (Wildman–Crippen LogP) is 2.38. The van der Waals surface area contributed by atoms with E-state index < -0.39 is 10.0 Å². The lowest BCUT2D eigenvalue weighted by Crippen LogP contribution is -2.41. The molecule has 0 unspecified atom stereocenters. The maximum absolute atomic E-state index is 12.7. The summed E-state index contributed by atoms with van der Waals surface area (Å²) in [7, 11) is -3.80. The highest BCUT2D eigenvalue weighted by molar-refractivity contribution is 7.89. The second-order valence-corrected chi connectivity index (χ2v) is 10.5. The maximum Gasteiger partial charge on any atom is 0.324 e. The SMILES string of the molecule is O=C(CNS(=O)(=O)c1ccc2c(c1)CCN2C(=O)N1CCCC1)NC1CCCCCC1. The van der Waals surface area contributed by atoms with E-state index in [1.54, 1.807) is 17.0 Å². The Balaban J connectivity index is 1.36. The monoisotopic (exact) mass is 448 g/mol. The Bertz CT molecular complexity index is 919. The summed E-state index contributed by atoms with van der Waals surface area (Å²) in [6, 6.07) is 4.98. The minimum atomic E-state index is -3.80. The standard InChI is InChI=1S/C22H32N4O4S/c27-21(24-18-7-3-1-2-4-8-18)16-23-31(29,30)19-9-10-20-17(15-19)11-14-26(20)22(28)25-12-5-6-13-25/h9-10,15,18,23H,1-8,11-14,16H2,(H,24,27). The van der Waals surface area contributed by atoms with Crippen molar-refractivity contribution in [3.8, 4) is 0 Å². The number of rotatable bonds is 5. The average Bonchev–Trinajstić information content (AvgIpc) is 3.37. The van der Waals surface area contributed by atoms with E-state index in [0.717, 1.165) is 62.9 Å². The molecule has 170 valence electrons. The van der Waals surface area contributed by atoms with Gasteiger partial charge >= 0.3 is 6.03 Å². The Kier molecular flexibility index (Phi) is 6.81. The fourth-order valence-corrected chi connectivity index (χ4v) is 5.80. The van der Waals surface area contributed by atoms with Crippen LogP contribution in [0.15, 0.2) is 23.1 Å². The smallest absolute Gasteiger partial charge is 0.324 e. The first-order chi connectivity index (χ1) is 14.9. The first-order valence-corrected chi connectivity index (χ1v) is 12.9. The molecule has 1 saturated carbocycles. The number of nitrogens with zero attached hydrogens (tertiary/aromatic N) is 2. The molecule has 3 amide bonds. The minimum Gasteiger partial charge on any atom is -0.352 e. The molecule has 2 heterocycles. The molecule has 2 aliphatic heterocycles. The van der Waals surface area contributed by atoms with Crippen molar-refractivity contribution in [2.75, 3.05) is 31.1 Å². The Morgan fingerprint density at radius 1 is 0.968 bits per heavy atom. The van der Waals surface area contributed by atoms with Crippen molar-refractivity contribution in [2.45, 2.75) is 68.7 Å². The number of sulfonamides is 1. The van der Waals surface area contributed by atoms with Crippen LogP contribution in [0.25, 0.3) is 0 Å². The lowest BCUT2D eigenvalue weighted by Gasteiger charge is -2.24. The van der Waals surface area contributed by atoms with Crippen LogP contribution in [0.3, 0.4) is 0 Å². The highest BCUT2D eigenvalue weighted by atomic mass is 32.2. The van der Waals surface area contributed by atoms with Gasteiger partial charge < -0.3 is 10.2 Å². The van der Waals surface area contributed by atoms with E-state index in [4.69, 9.17) is 0 Å².